The van der Waals surface area contributed by atoms with Crippen molar-refractivity contribution in [1.82, 2.24) is 34.2 Å². The van der Waals surface area contributed by atoms with E-state index in [1.165, 1.54) is 37.4 Å². The fourth-order valence-corrected chi connectivity index (χ4v) is 7.04. The molecule has 272 valence electrons. The van der Waals surface area contributed by atoms with Crippen LogP contribution in [0.25, 0.3) is 11.2 Å². The third-order valence-corrected chi connectivity index (χ3v) is 9.54. The molecule has 2 aliphatic rings. The largest absolute Gasteiger partial charge is 0.469 e. The maximum absolute atomic E-state index is 14.2. The number of nitrogen functional groups attached to an aromatic ring is 2. The quantitative estimate of drug-likeness (QED) is 0.0566. The Hall–Kier alpha value is -3.19. The summed E-state index contributed by atoms with van der Waals surface area (Å²) >= 11 is 0. The van der Waals surface area contributed by atoms with Gasteiger partial charge in [-0.2, -0.15) is 9.97 Å². The highest BCUT2D eigenvalue weighted by Crippen LogP contribution is 2.50. The van der Waals surface area contributed by atoms with Crippen LogP contribution < -0.4 is 27.8 Å². The first-order valence-corrected chi connectivity index (χ1v) is 17.4. The van der Waals surface area contributed by atoms with Gasteiger partial charge in [0.2, 0.25) is 5.95 Å². The molecule has 2 fully saturated rings. The van der Waals surface area contributed by atoms with Crippen LogP contribution in [0.3, 0.4) is 0 Å². The van der Waals surface area contributed by atoms with Crippen molar-refractivity contribution in [2.45, 2.75) is 49.1 Å². The monoisotopic (exact) mass is 739 g/mol. The summed E-state index contributed by atoms with van der Waals surface area (Å²) in [6.45, 7) is -1.59. The normalized spacial score (nSPS) is 28.7. The van der Waals surface area contributed by atoms with E-state index in [-0.39, 0.29) is 36.1 Å². The highest BCUT2D eigenvalue weighted by atomic mass is 31.2. The van der Waals surface area contributed by atoms with E-state index in [4.69, 9.17) is 39.5 Å². The van der Waals surface area contributed by atoms with Gasteiger partial charge >= 0.3 is 21.3 Å². The average Bonchev–Trinajstić information content (AvgIpc) is 3.68. The van der Waals surface area contributed by atoms with Crippen molar-refractivity contribution >= 4 is 38.5 Å². The number of aliphatic hydroxyl groups is 2. The van der Waals surface area contributed by atoms with Gasteiger partial charge in [-0.3, -0.25) is 32.5 Å². The zero-order valence-corrected chi connectivity index (χ0v) is 27.5. The van der Waals surface area contributed by atoms with Gasteiger partial charge in [-0.25, -0.2) is 24.0 Å². The summed E-state index contributed by atoms with van der Waals surface area (Å²) in [6.07, 6.45) is -9.09. The number of nitrogens with two attached hydrogens (primary N) is 2. The minimum atomic E-state index is -5.06. The van der Waals surface area contributed by atoms with Crippen molar-refractivity contribution in [3.8, 4) is 0 Å². The van der Waals surface area contributed by atoms with Crippen LogP contribution in [0.1, 0.15) is 12.5 Å². The molecule has 0 amide bonds. The third-order valence-electron chi connectivity index (χ3n) is 7.43. The van der Waals surface area contributed by atoms with Crippen LogP contribution in [0, 0.1) is 0 Å². The molecular weight excluding hydrogens is 704 g/mol. The van der Waals surface area contributed by atoms with E-state index in [0.29, 0.717) is 0 Å². The van der Waals surface area contributed by atoms with Crippen molar-refractivity contribution in [3.63, 3.8) is 0 Å². The van der Waals surface area contributed by atoms with E-state index in [9.17, 15) is 38.7 Å². The molecule has 0 radical (unpaired) electrons. The molecule has 0 bridgehead atoms. The predicted octanol–water partition coefficient (Wildman–Crippen LogP) is -3.07. The molecule has 26 heteroatoms. The number of nitrogens with one attached hydrogen (secondary N) is 2. The first-order chi connectivity index (χ1) is 23.1. The summed E-state index contributed by atoms with van der Waals surface area (Å²) in [5.41, 5.74) is 9.54. The van der Waals surface area contributed by atoms with Crippen molar-refractivity contribution in [1.29, 1.82) is 0 Å². The van der Waals surface area contributed by atoms with Crippen LogP contribution in [0.5, 0.6) is 0 Å². The first kappa shape index (κ1) is 37.1. The Morgan fingerprint density at radius 2 is 1.71 bits per heavy atom. The number of phosphoric acid groups is 1. The van der Waals surface area contributed by atoms with Gasteiger partial charge in [-0.15, -0.1) is 0 Å². The first-order valence-electron chi connectivity index (χ1n) is 14.3. The predicted molar refractivity (Wildman–Crippen MR) is 162 cm³/mol. The van der Waals surface area contributed by atoms with Crippen LogP contribution in [0.2, 0.25) is 0 Å². The fourth-order valence-electron chi connectivity index (χ4n) is 5.19. The van der Waals surface area contributed by atoms with E-state index in [0.717, 1.165) is 4.57 Å². The second-order valence-electron chi connectivity index (χ2n) is 10.7. The number of phosphoric ester groups is 1. The number of hydrogen-bond donors (Lipinski definition) is 8. The lowest BCUT2D eigenvalue weighted by molar-refractivity contribution is -0.0578. The molecule has 2 saturated heterocycles. The molecule has 10 N–H and O–H groups in total. The lowest BCUT2D eigenvalue weighted by Crippen LogP contribution is -2.39. The molecule has 0 saturated carbocycles. The van der Waals surface area contributed by atoms with Gasteiger partial charge in [0.15, 0.2) is 23.6 Å². The number of aromatic amines is 1. The summed E-state index contributed by atoms with van der Waals surface area (Å²) in [5.74, 6) is -0.330. The van der Waals surface area contributed by atoms with Gasteiger partial charge in [-0.1, -0.05) is 0 Å². The Bertz CT molecular complexity index is 1830. The van der Waals surface area contributed by atoms with Crippen LogP contribution in [0.15, 0.2) is 28.2 Å². The standard InChI is InChI=1S/C23H35N9O15P2/c1-41-6-4-27-48(37,43-7-10-14(33)15(34)20(45-10)31-5-3-12(24)28-23(31)36)47-16-11(8-44-49(38,39)40)46-21(17(16)42-2)32-9-26-13-18(32)29-22(25)30-19(13)35/h3,5,9-11,14-17,20-21,33-34H,4,6-8H2,1-2H3,(H,27,37)(H2,24,28,36)(H2,38,39,40)(H3,25,29,30,35)/t10-,11-,14-,15-,16-,17-,20-,21-,48-/m1/s1. The number of aromatic nitrogens is 6. The number of rotatable bonds is 15. The number of H-pyrrole nitrogens is 1. The van der Waals surface area contributed by atoms with Crippen molar-refractivity contribution in [2.24, 2.45) is 0 Å². The maximum Gasteiger partial charge on any atom is 0.469 e. The molecule has 3 aromatic rings. The smallest absolute Gasteiger partial charge is 0.387 e. The van der Waals surface area contributed by atoms with Gasteiger partial charge in [0.05, 0.1) is 26.1 Å². The minimum Gasteiger partial charge on any atom is -0.387 e. The number of imidazole rings is 1. The number of ether oxygens (including phenoxy) is 4. The highest BCUT2D eigenvalue weighted by molar-refractivity contribution is 7.51. The van der Waals surface area contributed by atoms with Gasteiger partial charge in [0, 0.05) is 27.0 Å². The lowest BCUT2D eigenvalue weighted by atomic mass is 10.1. The Kier molecular flexibility index (Phi) is 11.3. The molecule has 0 spiro atoms. The maximum atomic E-state index is 14.2. The third kappa shape index (κ3) is 8.24. The fraction of sp³-hybridized carbons (Fsp3) is 0.609. The average molecular weight is 740 g/mol. The van der Waals surface area contributed by atoms with Gasteiger partial charge in [0.25, 0.3) is 5.56 Å². The summed E-state index contributed by atoms with van der Waals surface area (Å²) in [5, 5.41) is 23.9. The number of fused-ring (bicyclic) bond motifs is 1. The molecule has 24 nitrogen and oxygen atoms in total. The molecule has 0 aromatic carbocycles. The number of aliphatic hydroxyl groups excluding tert-OH is 2. The van der Waals surface area contributed by atoms with Crippen molar-refractivity contribution < 1.29 is 61.6 Å². The number of hydrogen-bond acceptors (Lipinski definition) is 18. The van der Waals surface area contributed by atoms with E-state index in [1.54, 1.807) is 0 Å². The van der Waals surface area contributed by atoms with E-state index < -0.39 is 89.1 Å². The van der Waals surface area contributed by atoms with Crippen molar-refractivity contribution in [2.75, 3.05) is 52.1 Å². The van der Waals surface area contributed by atoms with E-state index in [2.05, 4.69) is 29.5 Å². The Balaban J connectivity index is 1.42. The molecule has 5 rings (SSSR count). The van der Waals surface area contributed by atoms with Gasteiger partial charge < -0.3 is 50.4 Å². The van der Waals surface area contributed by atoms with Crippen LogP contribution in [-0.2, 0) is 41.6 Å². The van der Waals surface area contributed by atoms with E-state index in [1.807, 2.05) is 0 Å². The Labute approximate surface area is 275 Å². The van der Waals surface area contributed by atoms with Gasteiger partial charge in [0.1, 0.15) is 42.4 Å². The van der Waals surface area contributed by atoms with Crippen LogP contribution >= 0.6 is 15.6 Å². The zero-order valence-electron chi connectivity index (χ0n) is 25.7. The summed E-state index contributed by atoms with van der Waals surface area (Å²) < 4.78 is 66.6. The SMILES string of the molecule is COCCN[P@@](=O)(OC[C@H]1O[C@@H](n2ccc(N)nc2=O)[C@H](O)[C@@H]1O)O[C@H]1[C@@H](OC)[C@H](n2cnc3c(=O)[nH]c(N)nc32)O[C@@H]1COP(=O)(O)O. The van der Waals surface area contributed by atoms with Gasteiger partial charge in [-0.05, 0) is 6.07 Å². The number of methoxy groups -OCH3 is 2. The molecule has 3 aromatic heterocycles. The topological polar surface area (TPSA) is 342 Å². The van der Waals surface area contributed by atoms with Crippen LogP contribution in [-0.4, -0.2) is 126 Å². The van der Waals surface area contributed by atoms with Crippen LogP contribution in [0.4, 0.5) is 11.8 Å². The second kappa shape index (κ2) is 15.0. The molecule has 5 heterocycles. The summed E-state index contributed by atoms with van der Waals surface area (Å²) in [6, 6.07) is 1.28. The van der Waals surface area contributed by atoms with E-state index >= 15 is 0 Å². The molecular formula is C23H35N9O15P2. The summed E-state index contributed by atoms with van der Waals surface area (Å²) in [4.78, 5) is 57.5. The summed E-state index contributed by atoms with van der Waals surface area (Å²) in [7, 11) is -7.00. The Morgan fingerprint density at radius 3 is 2.39 bits per heavy atom. The molecule has 0 aliphatic carbocycles. The Morgan fingerprint density at radius 1 is 1.00 bits per heavy atom. The molecule has 2 aliphatic heterocycles. The minimum absolute atomic E-state index is 0.0119. The zero-order chi connectivity index (χ0) is 35.7. The molecule has 0 unspecified atom stereocenters. The lowest BCUT2D eigenvalue weighted by Gasteiger charge is -2.29. The highest BCUT2D eigenvalue weighted by Gasteiger charge is 2.52. The van der Waals surface area contributed by atoms with Crippen molar-refractivity contribution in [3.05, 3.63) is 39.4 Å². The molecule has 9 atom stereocenters. The number of anilines is 2. The number of nitrogens with zero attached hydrogens (tertiary/aromatic N) is 5. The second-order valence-corrected chi connectivity index (χ2v) is 13.7. The molecule has 49 heavy (non-hydrogen) atoms.